The van der Waals surface area contributed by atoms with Gasteiger partial charge in [0.15, 0.2) is 5.82 Å². The van der Waals surface area contributed by atoms with Crippen LogP contribution in [0.15, 0.2) is 6.07 Å². The molecule has 94 valence electrons. The monoisotopic (exact) mass is 255 g/mol. The predicted molar refractivity (Wildman–Crippen MR) is 68.1 cm³/mol. The molecule has 1 aromatic heterocycles. The molecular formula is C12H18ClN3O. The summed E-state index contributed by atoms with van der Waals surface area (Å²) in [5, 5.41) is 3.77. The summed E-state index contributed by atoms with van der Waals surface area (Å²) in [6.45, 7) is 3.58. The van der Waals surface area contributed by atoms with E-state index >= 15 is 0 Å². The Kier molecular flexibility index (Phi) is 4.18. The summed E-state index contributed by atoms with van der Waals surface area (Å²) in [5.74, 6) is 2.97. The zero-order chi connectivity index (χ0) is 12.3. The fourth-order valence-electron chi connectivity index (χ4n) is 1.85. The minimum absolute atomic E-state index is 0.382. The van der Waals surface area contributed by atoms with Crippen molar-refractivity contribution in [1.82, 2.24) is 9.97 Å². The van der Waals surface area contributed by atoms with Crippen LogP contribution in [-0.4, -0.2) is 23.6 Å². The number of nitrogens with zero attached hydrogens (tertiary/aromatic N) is 2. The summed E-state index contributed by atoms with van der Waals surface area (Å²) in [5.41, 5.74) is 0. The first kappa shape index (κ1) is 12.6. The highest BCUT2D eigenvalue weighted by Gasteiger charge is 2.27. The van der Waals surface area contributed by atoms with Gasteiger partial charge >= 0.3 is 0 Å². The number of ether oxygens (including phenoxy) is 1. The van der Waals surface area contributed by atoms with E-state index in [1.165, 1.54) is 12.8 Å². The van der Waals surface area contributed by atoms with E-state index in [0.717, 1.165) is 18.3 Å². The second-order valence-corrected chi connectivity index (χ2v) is 5.01. The maximum absolute atomic E-state index is 5.93. The van der Waals surface area contributed by atoms with Crippen molar-refractivity contribution in [2.45, 2.75) is 26.4 Å². The summed E-state index contributed by atoms with van der Waals surface area (Å²) in [4.78, 5) is 8.43. The fraction of sp³-hybridized carbons (Fsp3) is 0.667. The molecular weight excluding hydrogens is 238 g/mol. The van der Waals surface area contributed by atoms with Crippen molar-refractivity contribution in [2.24, 2.45) is 11.8 Å². The van der Waals surface area contributed by atoms with Crippen LogP contribution in [-0.2, 0) is 11.3 Å². The quantitative estimate of drug-likeness (QED) is 0.794. The van der Waals surface area contributed by atoms with Crippen LogP contribution in [0.25, 0.3) is 0 Å². The van der Waals surface area contributed by atoms with Gasteiger partial charge in [0.25, 0.3) is 0 Å². The van der Waals surface area contributed by atoms with Crippen molar-refractivity contribution in [3.8, 4) is 0 Å². The third-order valence-corrected chi connectivity index (χ3v) is 3.24. The van der Waals surface area contributed by atoms with Crippen LogP contribution < -0.4 is 5.32 Å². The molecule has 1 heterocycles. The SMILES string of the molecule is COCc1nc(Cl)cc(NCC(C)C2CC2)n1. The minimum atomic E-state index is 0.382. The molecule has 0 spiro atoms. The molecule has 0 radical (unpaired) electrons. The lowest BCUT2D eigenvalue weighted by molar-refractivity contribution is 0.178. The number of methoxy groups -OCH3 is 1. The van der Waals surface area contributed by atoms with Crippen LogP contribution in [0.2, 0.25) is 5.15 Å². The molecule has 1 aromatic rings. The molecule has 4 nitrogen and oxygen atoms in total. The number of hydrogen-bond acceptors (Lipinski definition) is 4. The lowest BCUT2D eigenvalue weighted by Gasteiger charge is -2.12. The fourth-order valence-corrected chi connectivity index (χ4v) is 2.05. The van der Waals surface area contributed by atoms with Crippen molar-refractivity contribution in [3.05, 3.63) is 17.0 Å². The molecule has 1 aliphatic carbocycles. The second-order valence-electron chi connectivity index (χ2n) is 4.62. The molecule has 1 saturated carbocycles. The van der Waals surface area contributed by atoms with E-state index in [0.29, 0.717) is 23.5 Å². The Morgan fingerprint density at radius 1 is 1.53 bits per heavy atom. The van der Waals surface area contributed by atoms with Crippen LogP contribution >= 0.6 is 11.6 Å². The number of hydrogen-bond donors (Lipinski definition) is 1. The van der Waals surface area contributed by atoms with Crippen molar-refractivity contribution < 1.29 is 4.74 Å². The maximum atomic E-state index is 5.93. The van der Waals surface area contributed by atoms with E-state index in [1.807, 2.05) is 0 Å². The van der Waals surface area contributed by atoms with Gasteiger partial charge in [0.1, 0.15) is 17.6 Å². The van der Waals surface area contributed by atoms with Gasteiger partial charge in [-0.05, 0) is 24.7 Å². The summed E-state index contributed by atoms with van der Waals surface area (Å²) in [6.07, 6.45) is 2.73. The molecule has 0 aromatic carbocycles. The Balaban J connectivity index is 1.94. The number of rotatable bonds is 6. The van der Waals surface area contributed by atoms with Gasteiger partial charge in [-0.2, -0.15) is 0 Å². The van der Waals surface area contributed by atoms with Crippen molar-refractivity contribution in [3.63, 3.8) is 0 Å². The molecule has 2 rings (SSSR count). The number of nitrogens with one attached hydrogen (secondary N) is 1. The largest absolute Gasteiger partial charge is 0.377 e. The highest BCUT2D eigenvalue weighted by atomic mass is 35.5. The molecule has 0 aliphatic heterocycles. The van der Waals surface area contributed by atoms with Crippen LogP contribution in [0, 0.1) is 11.8 Å². The summed E-state index contributed by atoms with van der Waals surface area (Å²) in [7, 11) is 1.62. The number of anilines is 1. The van der Waals surface area contributed by atoms with E-state index < -0.39 is 0 Å². The standard InChI is InChI=1S/C12H18ClN3O/c1-8(9-3-4-9)6-14-11-5-10(13)15-12(16-11)7-17-2/h5,8-9H,3-4,6-7H2,1-2H3,(H,14,15,16). The summed E-state index contributed by atoms with van der Waals surface area (Å²) in [6, 6.07) is 1.75. The Morgan fingerprint density at radius 3 is 2.94 bits per heavy atom. The second kappa shape index (κ2) is 5.65. The van der Waals surface area contributed by atoms with Gasteiger partial charge in [-0.15, -0.1) is 0 Å². The molecule has 0 amide bonds. The first-order valence-corrected chi connectivity index (χ1v) is 6.33. The molecule has 1 unspecified atom stereocenters. The van der Waals surface area contributed by atoms with Crippen LogP contribution in [0.1, 0.15) is 25.6 Å². The van der Waals surface area contributed by atoms with Crippen LogP contribution in [0.3, 0.4) is 0 Å². The van der Waals surface area contributed by atoms with E-state index in [2.05, 4.69) is 22.2 Å². The average Bonchev–Trinajstić information content (AvgIpc) is 3.09. The zero-order valence-corrected chi connectivity index (χ0v) is 11.0. The topological polar surface area (TPSA) is 47.0 Å². The van der Waals surface area contributed by atoms with Gasteiger partial charge in [0.05, 0.1) is 0 Å². The van der Waals surface area contributed by atoms with E-state index in [9.17, 15) is 0 Å². The van der Waals surface area contributed by atoms with Gasteiger partial charge in [0, 0.05) is 19.7 Å². The van der Waals surface area contributed by atoms with Gasteiger partial charge in [-0.1, -0.05) is 18.5 Å². The van der Waals surface area contributed by atoms with Crippen molar-refractivity contribution in [1.29, 1.82) is 0 Å². The zero-order valence-electron chi connectivity index (χ0n) is 10.2. The van der Waals surface area contributed by atoms with E-state index in [4.69, 9.17) is 16.3 Å². The van der Waals surface area contributed by atoms with Crippen molar-refractivity contribution >= 4 is 17.4 Å². The third kappa shape index (κ3) is 3.82. The van der Waals surface area contributed by atoms with E-state index in [1.54, 1.807) is 13.2 Å². The van der Waals surface area contributed by atoms with Gasteiger partial charge in [-0.3, -0.25) is 0 Å². The summed E-state index contributed by atoms with van der Waals surface area (Å²) >= 11 is 5.93. The first-order chi connectivity index (χ1) is 8.19. The predicted octanol–water partition coefficient (Wildman–Crippen LogP) is 2.73. The lowest BCUT2D eigenvalue weighted by atomic mass is 10.1. The van der Waals surface area contributed by atoms with Gasteiger partial charge in [0.2, 0.25) is 0 Å². The molecule has 1 fully saturated rings. The average molecular weight is 256 g/mol. The van der Waals surface area contributed by atoms with Gasteiger partial charge < -0.3 is 10.1 Å². The molecule has 5 heteroatoms. The first-order valence-electron chi connectivity index (χ1n) is 5.95. The van der Waals surface area contributed by atoms with Gasteiger partial charge in [-0.25, -0.2) is 9.97 Å². The van der Waals surface area contributed by atoms with E-state index in [-0.39, 0.29) is 0 Å². The third-order valence-electron chi connectivity index (χ3n) is 3.05. The molecule has 1 atom stereocenters. The Bertz CT molecular complexity index is 382. The number of halogens is 1. The van der Waals surface area contributed by atoms with Crippen molar-refractivity contribution in [2.75, 3.05) is 19.0 Å². The highest BCUT2D eigenvalue weighted by molar-refractivity contribution is 6.29. The summed E-state index contributed by atoms with van der Waals surface area (Å²) < 4.78 is 5.00. The minimum Gasteiger partial charge on any atom is -0.377 e. The normalized spacial score (nSPS) is 16.9. The van der Waals surface area contributed by atoms with Crippen LogP contribution in [0.4, 0.5) is 5.82 Å². The molecule has 17 heavy (non-hydrogen) atoms. The maximum Gasteiger partial charge on any atom is 0.158 e. The molecule has 1 aliphatic rings. The lowest BCUT2D eigenvalue weighted by Crippen LogP contribution is -2.14. The Hall–Kier alpha value is -0.870. The van der Waals surface area contributed by atoms with Crippen LogP contribution in [0.5, 0.6) is 0 Å². The molecule has 1 N–H and O–H groups in total. The Morgan fingerprint density at radius 2 is 2.29 bits per heavy atom. The molecule has 0 bridgehead atoms. The molecule has 0 saturated heterocycles. The Labute approximate surface area is 107 Å². The highest BCUT2D eigenvalue weighted by Crippen LogP contribution is 2.36. The smallest absolute Gasteiger partial charge is 0.158 e. The number of aromatic nitrogens is 2.